The van der Waals surface area contributed by atoms with Gasteiger partial charge in [-0.3, -0.25) is 0 Å². The Morgan fingerprint density at radius 1 is 1.11 bits per heavy atom. The highest BCUT2D eigenvalue weighted by Crippen LogP contribution is 2.16. The molecular weight excluding hydrogens is 457 g/mol. The Hall–Kier alpha value is -4.02. The van der Waals surface area contributed by atoms with E-state index in [4.69, 9.17) is 17.5 Å². The van der Waals surface area contributed by atoms with Crippen LogP contribution in [0.4, 0.5) is 10.1 Å². The summed E-state index contributed by atoms with van der Waals surface area (Å²) < 4.78 is 15.8. The van der Waals surface area contributed by atoms with Crippen molar-refractivity contribution in [3.8, 4) is 6.07 Å². The van der Waals surface area contributed by atoms with Gasteiger partial charge in [0.05, 0.1) is 18.0 Å². The van der Waals surface area contributed by atoms with Crippen LogP contribution in [-0.4, -0.2) is 26.1 Å². The van der Waals surface area contributed by atoms with Crippen LogP contribution in [0.3, 0.4) is 0 Å². The molecule has 0 amide bonds. The van der Waals surface area contributed by atoms with Crippen LogP contribution in [0, 0.1) is 24.1 Å². The van der Waals surface area contributed by atoms with Crippen molar-refractivity contribution in [1.29, 1.82) is 5.26 Å². The molecule has 3 aromatic carbocycles. The molecular formula is C28H26FN5S. The molecule has 0 fully saturated rings. The van der Waals surface area contributed by atoms with E-state index in [0.717, 1.165) is 17.7 Å². The number of thiocarbonyl (C=S) groups is 1. The number of nitriles is 1. The Bertz CT molecular complexity index is 1340. The smallest absolute Gasteiger partial charge is 0.173 e. The van der Waals surface area contributed by atoms with Gasteiger partial charge >= 0.3 is 0 Å². The largest absolute Gasteiger partial charge is 0.344 e. The van der Waals surface area contributed by atoms with E-state index in [2.05, 4.69) is 44.9 Å². The maximum absolute atomic E-state index is 13.7. The first-order valence-corrected chi connectivity index (χ1v) is 11.8. The zero-order valence-electron chi connectivity index (χ0n) is 19.5. The van der Waals surface area contributed by atoms with E-state index >= 15 is 0 Å². The molecule has 1 N–H and O–H groups in total. The Kier molecular flexibility index (Phi) is 7.86. The first-order valence-electron chi connectivity index (χ1n) is 11.4. The zero-order valence-corrected chi connectivity index (χ0v) is 20.3. The molecule has 7 heteroatoms. The standard InChI is InChI=1S/C28H26FN5S/c1-21-5-2-3-6-24(21)19-33(28(35)32-26-8-4-7-25(29)15-26)14-13-27-17-31-20-34(27)18-23-11-9-22(16-30)10-12-23/h2-12,15,17,20H,13-14,18-19H2,1H3,(H,32,35). The molecule has 4 rings (SSSR count). The fraction of sp³-hybridized carbons (Fsp3) is 0.179. The zero-order chi connectivity index (χ0) is 24.6. The van der Waals surface area contributed by atoms with Crippen molar-refractivity contribution in [2.75, 3.05) is 11.9 Å². The third kappa shape index (κ3) is 6.52. The van der Waals surface area contributed by atoms with Gasteiger partial charge in [0.1, 0.15) is 5.82 Å². The molecule has 4 aromatic rings. The Balaban J connectivity index is 1.49. The molecule has 35 heavy (non-hydrogen) atoms. The number of aromatic nitrogens is 2. The third-order valence-corrected chi connectivity index (χ3v) is 6.22. The van der Waals surface area contributed by atoms with Crippen LogP contribution in [0.1, 0.15) is 27.9 Å². The van der Waals surface area contributed by atoms with E-state index in [-0.39, 0.29) is 5.82 Å². The fourth-order valence-corrected chi connectivity index (χ4v) is 4.12. The van der Waals surface area contributed by atoms with Gasteiger partial charge in [-0.05, 0) is 66.2 Å². The molecule has 176 valence electrons. The highest BCUT2D eigenvalue weighted by Gasteiger charge is 2.14. The minimum absolute atomic E-state index is 0.310. The lowest BCUT2D eigenvalue weighted by Gasteiger charge is -2.27. The summed E-state index contributed by atoms with van der Waals surface area (Å²) in [5.41, 5.74) is 5.82. The predicted molar refractivity (Wildman–Crippen MR) is 140 cm³/mol. The van der Waals surface area contributed by atoms with E-state index in [1.54, 1.807) is 12.1 Å². The number of hydrogen-bond acceptors (Lipinski definition) is 3. The van der Waals surface area contributed by atoms with Crippen LogP contribution in [-0.2, 0) is 19.5 Å². The quantitative estimate of drug-likeness (QED) is 0.326. The molecule has 0 aliphatic heterocycles. The number of nitrogens with zero attached hydrogens (tertiary/aromatic N) is 4. The first-order chi connectivity index (χ1) is 17.0. The molecule has 0 saturated heterocycles. The average molecular weight is 484 g/mol. The van der Waals surface area contributed by atoms with Gasteiger partial charge in [0.15, 0.2) is 5.11 Å². The highest BCUT2D eigenvalue weighted by atomic mass is 32.1. The van der Waals surface area contributed by atoms with Crippen molar-refractivity contribution < 1.29 is 4.39 Å². The highest BCUT2D eigenvalue weighted by molar-refractivity contribution is 7.80. The summed E-state index contributed by atoms with van der Waals surface area (Å²) in [6.07, 6.45) is 4.42. The van der Waals surface area contributed by atoms with Gasteiger partial charge in [-0.2, -0.15) is 5.26 Å². The summed E-state index contributed by atoms with van der Waals surface area (Å²) in [6, 6.07) is 24.3. The van der Waals surface area contributed by atoms with Crippen molar-refractivity contribution in [2.24, 2.45) is 0 Å². The normalized spacial score (nSPS) is 10.5. The van der Waals surface area contributed by atoms with Gasteiger partial charge in [0, 0.05) is 43.6 Å². The molecule has 0 bridgehead atoms. The van der Waals surface area contributed by atoms with E-state index in [0.29, 0.717) is 36.0 Å². The van der Waals surface area contributed by atoms with Crippen LogP contribution in [0.15, 0.2) is 85.3 Å². The second-order valence-electron chi connectivity index (χ2n) is 8.36. The number of halogens is 1. The van der Waals surface area contributed by atoms with Crippen molar-refractivity contribution in [3.05, 3.63) is 119 Å². The lowest BCUT2D eigenvalue weighted by Crippen LogP contribution is -2.36. The molecule has 0 aliphatic rings. The van der Waals surface area contributed by atoms with Crippen LogP contribution in [0.5, 0.6) is 0 Å². The first kappa shape index (κ1) is 24.1. The Labute approximate surface area is 210 Å². The Morgan fingerprint density at radius 3 is 2.66 bits per heavy atom. The number of anilines is 1. The van der Waals surface area contributed by atoms with Gasteiger partial charge < -0.3 is 14.8 Å². The van der Waals surface area contributed by atoms with E-state index in [1.165, 1.54) is 23.3 Å². The average Bonchev–Trinajstić information content (AvgIpc) is 3.30. The van der Waals surface area contributed by atoms with Gasteiger partial charge in [-0.1, -0.05) is 42.5 Å². The summed E-state index contributed by atoms with van der Waals surface area (Å²) in [6.45, 7) is 4.06. The summed E-state index contributed by atoms with van der Waals surface area (Å²) >= 11 is 5.74. The molecule has 0 atom stereocenters. The second-order valence-corrected chi connectivity index (χ2v) is 8.75. The molecule has 1 heterocycles. The Morgan fingerprint density at radius 2 is 1.91 bits per heavy atom. The van der Waals surface area contributed by atoms with Crippen molar-refractivity contribution in [2.45, 2.75) is 26.4 Å². The second kappa shape index (κ2) is 11.4. The van der Waals surface area contributed by atoms with Crippen LogP contribution in [0.25, 0.3) is 0 Å². The summed E-state index contributed by atoms with van der Waals surface area (Å²) in [4.78, 5) is 6.45. The lowest BCUT2D eigenvalue weighted by atomic mass is 10.1. The minimum atomic E-state index is -0.310. The number of hydrogen-bond donors (Lipinski definition) is 1. The van der Waals surface area contributed by atoms with Crippen molar-refractivity contribution in [3.63, 3.8) is 0 Å². The van der Waals surface area contributed by atoms with Gasteiger partial charge in [0.2, 0.25) is 0 Å². The molecule has 0 aliphatic carbocycles. The SMILES string of the molecule is Cc1ccccc1CN(CCc1cncn1Cc1ccc(C#N)cc1)C(=S)Nc1cccc(F)c1. The van der Waals surface area contributed by atoms with Crippen LogP contribution in [0.2, 0.25) is 0 Å². The van der Waals surface area contributed by atoms with Crippen molar-refractivity contribution in [1.82, 2.24) is 14.5 Å². The molecule has 0 radical (unpaired) electrons. The van der Waals surface area contributed by atoms with Crippen LogP contribution >= 0.6 is 12.2 Å². The predicted octanol–water partition coefficient (Wildman–Crippen LogP) is 5.69. The number of aryl methyl sites for hydroxylation is 1. The topological polar surface area (TPSA) is 56.9 Å². The molecule has 0 unspecified atom stereocenters. The van der Waals surface area contributed by atoms with Gasteiger partial charge in [0.25, 0.3) is 0 Å². The fourth-order valence-electron chi connectivity index (χ4n) is 3.84. The summed E-state index contributed by atoms with van der Waals surface area (Å²) in [5, 5.41) is 12.7. The molecule has 0 spiro atoms. The lowest BCUT2D eigenvalue weighted by molar-refractivity contribution is 0.417. The van der Waals surface area contributed by atoms with Crippen molar-refractivity contribution >= 4 is 23.0 Å². The molecule has 1 aromatic heterocycles. The third-order valence-electron chi connectivity index (χ3n) is 5.86. The molecule has 0 saturated carbocycles. The summed E-state index contributed by atoms with van der Waals surface area (Å²) in [7, 11) is 0. The number of rotatable bonds is 8. The van der Waals surface area contributed by atoms with Gasteiger partial charge in [-0.15, -0.1) is 0 Å². The summed E-state index contributed by atoms with van der Waals surface area (Å²) in [5.74, 6) is -0.310. The maximum atomic E-state index is 13.7. The number of nitrogens with one attached hydrogen (secondary N) is 1. The monoisotopic (exact) mass is 483 g/mol. The maximum Gasteiger partial charge on any atom is 0.173 e. The van der Waals surface area contributed by atoms with E-state index < -0.39 is 0 Å². The van der Waals surface area contributed by atoms with E-state index in [9.17, 15) is 4.39 Å². The number of benzene rings is 3. The molecule has 5 nitrogen and oxygen atoms in total. The van der Waals surface area contributed by atoms with Crippen LogP contribution < -0.4 is 5.32 Å². The number of imidazole rings is 1. The minimum Gasteiger partial charge on any atom is -0.344 e. The van der Waals surface area contributed by atoms with E-state index in [1.807, 2.05) is 48.9 Å². The van der Waals surface area contributed by atoms with Gasteiger partial charge in [-0.25, -0.2) is 9.37 Å².